The molecule has 2 unspecified atom stereocenters. The van der Waals surface area contributed by atoms with Crippen LogP contribution in [0.2, 0.25) is 0 Å². The van der Waals surface area contributed by atoms with Gasteiger partial charge < -0.3 is 14.9 Å². The molecule has 2 fully saturated rings. The summed E-state index contributed by atoms with van der Waals surface area (Å²) in [5, 5.41) is 19.4. The van der Waals surface area contributed by atoms with E-state index >= 15 is 0 Å². The average molecular weight is 306 g/mol. The normalized spacial score (nSPS) is 33.8. The quantitative estimate of drug-likeness (QED) is 0.642. The molecular weight excluding hydrogens is 276 g/mol. The first kappa shape index (κ1) is 17.5. The second-order valence-corrected chi connectivity index (χ2v) is 6.51. The van der Waals surface area contributed by atoms with Gasteiger partial charge in [-0.05, 0) is 44.4 Å². The third kappa shape index (κ3) is 4.55. The molecule has 2 heterocycles. The van der Waals surface area contributed by atoms with Crippen LogP contribution in [-0.2, 0) is 4.74 Å². The molecule has 0 saturated carbocycles. The van der Waals surface area contributed by atoms with Crippen molar-refractivity contribution in [2.45, 2.75) is 69.9 Å². The standard InChI is InChI=1S/C19H30O3/c1-3-7-15(21)10-11-17-16(18-12-13-19(17)22-18)9-6-5-8-14(20)4-2/h3,5-6,10-11,14-21H,1,4,7-9,12-13H2,2H3/t14-,15?,16-,17?,18-,19+/m1/s1. The summed E-state index contributed by atoms with van der Waals surface area (Å²) in [6.07, 6.45) is 15.5. The van der Waals surface area contributed by atoms with E-state index in [0.29, 0.717) is 30.5 Å². The fourth-order valence-electron chi connectivity index (χ4n) is 3.57. The van der Waals surface area contributed by atoms with E-state index in [2.05, 4.69) is 24.8 Å². The van der Waals surface area contributed by atoms with Crippen molar-refractivity contribution >= 4 is 0 Å². The van der Waals surface area contributed by atoms with E-state index in [-0.39, 0.29) is 6.10 Å². The third-order valence-corrected chi connectivity index (χ3v) is 4.90. The fourth-order valence-corrected chi connectivity index (χ4v) is 3.57. The van der Waals surface area contributed by atoms with Crippen LogP contribution in [0.3, 0.4) is 0 Å². The molecule has 0 aliphatic carbocycles. The zero-order chi connectivity index (χ0) is 15.9. The van der Waals surface area contributed by atoms with Crippen molar-refractivity contribution in [1.82, 2.24) is 0 Å². The number of aliphatic hydroxyl groups is 2. The molecule has 0 aromatic heterocycles. The lowest BCUT2D eigenvalue weighted by atomic mass is 9.77. The van der Waals surface area contributed by atoms with Crippen LogP contribution < -0.4 is 0 Å². The minimum Gasteiger partial charge on any atom is -0.393 e. The van der Waals surface area contributed by atoms with Gasteiger partial charge >= 0.3 is 0 Å². The van der Waals surface area contributed by atoms with Gasteiger partial charge in [0.1, 0.15) is 0 Å². The van der Waals surface area contributed by atoms with Crippen molar-refractivity contribution in [1.29, 1.82) is 0 Å². The molecule has 3 heteroatoms. The maximum atomic E-state index is 9.83. The highest BCUT2D eigenvalue weighted by atomic mass is 16.5. The Hall–Kier alpha value is -0.900. The van der Waals surface area contributed by atoms with Gasteiger partial charge in [0.25, 0.3) is 0 Å². The SMILES string of the molecule is C=CCC(O)C=CC1[C@@H]2CC[C@@H](O2)[C@@H]1CC=CC[C@H](O)CC. The van der Waals surface area contributed by atoms with E-state index in [4.69, 9.17) is 4.74 Å². The van der Waals surface area contributed by atoms with Gasteiger partial charge in [-0.3, -0.25) is 0 Å². The predicted octanol–water partition coefficient (Wildman–Crippen LogP) is 3.38. The molecular formula is C19H30O3. The fraction of sp³-hybridized carbons (Fsp3) is 0.684. The molecule has 0 spiro atoms. The molecule has 2 aliphatic rings. The Morgan fingerprint density at radius 1 is 1.18 bits per heavy atom. The summed E-state index contributed by atoms with van der Waals surface area (Å²) in [6, 6.07) is 0. The Bertz CT molecular complexity index is 401. The largest absolute Gasteiger partial charge is 0.393 e. The Labute approximate surface area is 134 Å². The molecule has 3 nitrogen and oxygen atoms in total. The second-order valence-electron chi connectivity index (χ2n) is 6.51. The Morgan fingerprint density at radius 3 is 2.68 bits per heavy atom. The van der Waals surface area contributed by atoms with Crippen LogP contribution in [0.5, 0.6) is 0 Å². The van der Waals surface area contributed by atoms with Gasteiger partial charge in [0.05, 0.1) is 24.4 Å². The molecule has 124 valence electrons. The summed E-state index contributed by atoms with van der Waals surface area (Å²) >= 11 is 0. The molecule has 22 heavy (non-hydrogen) atoms. The topological polar surface area (TPSA) is 49.7 Å². The number of hydrogen-bond acceptors (Lipinski definition) is 3. The lowest BCUT2D eigenvalue weighted by Gasteiger charge is -2.25. The highest BCUT2D eigenvalue weighted by Crippen LogP contribution is 2.45. The van der Waals surface area contributed by atoms with Gasteiger partial charge in [0, 0.05) is 5.92 Å². The van der Waals surface area contributed by atoms with E-state index < -0.39 is 6.10 Å². The number of rotatable bonds is 9. The first-order chi connectivity index (χ1) is 10.7. The molecule has 2 rings (SSSR count). The Morgan fingerprint density at radius 2 is 1.95 bits per heavy atom. The van der Waals surface area contributed by atoms with E-state index in [1.54, 1.807) is 6.08 Å². The number of ether oxygens (including phenoxy) is 1. The summed E-state index contributed by atoms with van der Waals surface area (Å²) in [5.41, 5.74) is 0. The smallest absolute Gasteiger partial charge is 0.0755 e. The van der Waals surface area contributed by atoms with Crippen LogP contribution >= 0.6 is 0 Å². The number of allylic oxidation sites excluding steroid dienone is 1. The minimum atomic E-state index is -0.437. The highest BCUT2D eigenvalue weighted by molar-refractivity contribution is 5.09. The number of fused-ring (bicyclic) bond motifs is 2. The maximum absolute atomic E-state index is 9.83. The lowest BCUT2D eigenvalue weighted by Crippen LogP contribution is -2.25. The molecule has 2 N–H and O–H groups in total. The number of aliphatic hydroxyl groups excluding tert-OH is 2. The molecule has 2 saturated heterocycles. The summed E-state index contributed by atoms with van der Waals surface area (Å²) < 4.78 is 6.05. The van der Waals surface area contributed by atoms with Crippen LogP contribution in [-0.4, -0.2) is 34.6 Å². The maximum Gasteiger partial charge on any atom is 0.0755 e. The van der Waals surface area contributed by atoms with E-state index in [0.717, 1.165) is 32.1 Å². The van der Waals surface area contributed by atoms with Crippen LogP contribution in [0.25, 0.3) is 0 Å². The van der Waals surface area contributed by atoms with Crippen LogP contribution in [0, 0.1) is 11.8 Å². The van der Waals surface area contributed by atoms with Gasteiger partial charge in [-0.15, -0.1) is 6.58 Å². The van der Waals surface area contributed by atoms with Crippen molar-refractivity contribution in [3.8, 4) is 0 Å². The first-order valence-corrected chi connectivity index (χ1v) is 8.61. The molecule has 6 atom stereocenters. The predicted molar refractivity (Wildman–Crippen MR) is 89.5 cm³/mol. The van der Waals surface area contributed by atoms with Crippen molar-refractivity contribution in [3.63, 3.8) is 0 Å². The van der Waals surface area contributed by atoms with Gasteiger partial charge in [-0.1, -0.05) is 37.3 Å². The molecule has 2 bridgehead atoms. The average Bonchev–Trinajstić information content (AvgIpc) is 3.10. The van der Waals surface area contributed by atoms with Gasteiger partial charge in [-0.2, -0.15) is 0 Å². The van der Waals surface area contributed by atoms with E-state index in [9.17, 15) is 10.2 Å². The molecule has 0 aromatic carbocycles. The summed E-state index contributed by atoms with van der Waals surface area (Å²) in [4.78, 5) is 0. The van der Waals surface area contributed by atoms with Crippen molar-refractivity contribution in [3.05, 3.63) is 37.0 Å². The van der Waals surface area contributed by atoms with Gasteiger partial charge in [0.2, 0.25) is 0 Å². The number of hydrogen-bond donors (Lipinski definition) is 2. The molecule has 0 amide bonds. The van der Waals surface area contributed by atoms with E-state index in [1.807, 2.05) is 13.0 Å². The van der Waals surface area contributed by atoms with Crippen molar-refractivity contribution in [2.75, 3.05) is 0 Å². The zero-order valence-electron chi connectivity index (χ0n) is 13.6. The molecule has 0 aromatic rings. The van der Waals surface area contributed by atoms with Gasteiger partial charge in [-0.25, -0.2) is 0 Å². The lowest BCUT2D eigenvalue weighted by molar-refractivity contribution is 0.0899. The van der Waals surface area contributed by atoms with Gasteiger partial charge in [0.15, 0.2) is 0 Å². The summed E-state index contributed by atoms with van der Waals surface area (Å²) in [5.74, 6) is 0.903. The monoisotopic (exact) mass is 306 g/mol. The summed E-state index contributed by atoms with van der Waals surface area (Å²) in [7, 11) is 0. The van der Waals surface area contributed by atoms with Crippen LogP contribution in [0.15, 0.2) is 37.0 Å². The molecule has 2 aliphatic heterocycles. The zero-order valence-corrected chi connectivity index (χ0v) is 13.6. The minimum absolute atomic E-state index is 0.225. The van der Waals surface area contributed by atoms with Crippen molar-refractivity contribution in [2.24, 2.45) is 11.8 Å². The first-order valence-electron chi connectivity index (χ1n) is 8.61. The Kier molecular flexibility index (Phi) is 6.87. The van der Waals surface area contributed by atoms with Crippen LogP contribution in [0.4, 0.5) is 0 Å². The van der Waals surface area contributed by atoms with Crippen LogP contribution in [0.1, 0.15) is 45.4 Å². The molecule has 0 radical (unpaired) electrons. The third-order valence-electron chi connectivity index (χ3n) is 4.90. The highest BCUT2D eigenvalue weighted by Gasteiger charge is 2.46. The summed E-state index contributed by atoms with van der Waals surface area (Å²) in [6.45, 7) is 5.65. The Balaban J connectivity index is 1.88. The second kappa shape index (κ2) is 8.66. The van der Waals surface area contributed by atoms with E-state index in [1.165, 1.54) is 0 Å². The van der Waals surface area contributed by atoms with Crippen molar-refractivity contribution < 1.29 is 14.9 Å².